The SMILES string of the molecule is C=CCCNC(=O)[C@@H]1CCCNC1. The molecule has 0 saturated carbocycles. The Balaban J connectivity index is 2.17. The van der Waals surface area contributed by atoms with Gasteiger partial charge in [0.05, 0.1) is 5.92 Å². The average molecular weight is 182 g/mol. The van der Waals surface area contributed by atoms with Gasteiger partial charge < -0.3 is 10.6 Å². The maximum absolute atomic E-state index is 11.5. The van der Waals surface area contributed by atoms with Crippen molar-refractivity contribution < 1.29 is 4.79 Å². The molecule has 0 spiro atoms. The lowest BCUT2D eigenvalue weighted by Crippen LogP contribution is -2.40. The smallest absolute Gasteiger partial charge is 0.224 e. The topological polar surface area (TPSA) is 41.1 Å². The highest BCUT2D eigenvalue weighted by Gasteiger charge is 2.19. The first-order chi connectivity index (χ1) is 6.34. The summed E-state index contributed by atoms with van der Waals surface area (Å²) in [6, 6.07) is 0. The van der Waals surface area contributed by atoms with E-state index in [1.807, 2.05) is 6.08 Å². The molecule has 0 unspecified atom stereocenters. The first kappa shape index (κ1) is 10.3. The van der Waals surface area contributed by atoms with Crippen molar-refractivity contribution in [1.82, 2.24) is 10.6 Å². The third kappa shape index (κ3) is 3.59. The van der Waals surface area contributed by atoms with Crippen LogP contribution in [0.4, 0.5) is 0 Å². The highest BCUT2D eigenvalue weighted by Crippen LogP contribution is 2.09. The molecule has 1 heterocycles. The Hall–Kier alpha value is -0.830. The molecule has 1 fully saturated rings. The van der Waals surface area contributed by atoms with E-state index in [2.05, 4.69) is 17.2 Å². The maximum atomic E-state index is 11.5. The second-order valence-corrected chi connectivity index (χ2v) is 3.41. The monoisotopic (exact) mass is 182 g/mol. The molecular weight excluding hydrogens is 164 g/mol. The molecule has 0 bridgehead atoms. The molecule has 1 atom stereocenters. The first-order valence-corrected chi connectivity index (χ1v) is 4.94. The number of nitrogens with one attached hydrogen (secondary N) is 2. The Morgan fingerprint density at radius 1 is 1.69 bits per heavy atom. The molecule has 0 aromatic carbocycles. The van der Waals surface area contributed by atoms with Gasteiger partial charge in [0.15, 0.2) is 0 Å². The molecule has 0 radical (unpaired) electrons. The van der Waals surface area contributed by atoms with Crippen LogP contribution in [-0.4, -0.2) is 25.5 Å². The predicted molar refractivity (Wildman–Crippen MR) is 53.4 cm³/mol. The predicted octanol–water partition coefficient (Wildman–Crippen LogP) is 0.678. The number of carbonyl (C=O) groups excluding carboxylic acids is 1. The molecule has 1 saturated heterocycles. The number of amides is 1. The van der Waals surface area contributed by atoms with Crippen LogP contribution < -0.4 is 10.6 Å². The summed E-state index contributed by atoms with van der Waals surface area (Å²) in [4.78, 5) is 11.5. The third-order valence-electron chi connectivity index (χ3n) is 2.32. The van der Waals surface area contributed by atoms with Crippen LogP contribution in [0.5, 0.6) is 0 Å². The highest BCUT2D eigenvalue weighted by molar-refractivity contribution is 5.78. The number of hydrogen-bond acceptors (Lipinski definition) is 2. The van der Waals surface area contributed by atoms with Gasteiger partial charge in [0.25, 0.3) is 0 Å². The van der Waals surface area contributed by atoms with Crippen LogP contribution in [0.15, 0.2) is 12.7 Å². The number of piperidine rings is 1. The molecule has 1 rings (SSSR count). The zero-order valence-corrected chi connectivity index (χ0v) is 8.01. The standard InChI is InChI=1S/C10H18N2O/c1-2-3-7-12-10(13)9-5-4-6-11-8-9/h2,9,11H,1,3-8H2,(H,12,13)/t9-/m1/s1. The van der Waals surface area contributed by atoms with Gasteiger partial charge in [-0.25, -0.2) is 0 Å². The second kappa shape index (κ2) is 5.75. The Kier molecular flexibility index (Phi) is 4.54. The minimum Gasteiger partial charge on any atom is -0.356 e. The molecule has 1 aliphatic heterocycles. The summed E-state index contributed by atoms with van der Waals surface area (Å²) in [5.74, 6) is 0.368. The van der Waals surface area contributed by atoms with E-state index in [4.69, 9.17) is 0 Å². The second-order valence-electron chi connectivity index (χ2n) is 3.41. The summed E-state index contributed by atoms with van der Waals surface area (Å²) in [6.45, 7) is 6.21. The average Bonchev–Trinajstić information content (AvgIpc) is 2.19. The lowest BCUT2D eigenvalue weighted by molar-refractivity contribution is -0.125. The van der Waals surface area contributed by atoms with Crippen LogP contribution in [0.25, 0.3) is 0 Å². The Bertz CT molecular complexity index is 174. The molecule has 74 valence electrons. The van der Waals surface area contributed by atoms with Gasteiger partial charge >= 0.3 is 0 Å². The molecule has 0 aromatic rings. The Morgan fingerprint density at radius 2 is 2.54 bits per heavy atom. The zero-order valence-electron chi connectivity index (χ0n) is 8.01. The normalized spacial score (nSPS) is 22.3. The van der Waals surface area contributed by atoms with Crippen molar-refractivity contribution in [2.45, 2.75) is 19.3 Å². The molecule has 0 aliphatic carbocycles. The van der Waals surface area contributed by atoms with Gasteiger partial charge in [0.2, 0.25) is 5.91 Å². The molecule has 1 aliphatic rings. The van der Waals surface area contributed by atoms with E-state index in [1.54, 1.807) is 0 Å². The van der Waals surface area contributed by atoms with E-state index in [0.717, 1.165) is 38.9 Å². The molecule has 3 heteroatoms. The summed E-state index contributed by atoms with van der Waals surface area (Å²) >= 11 is 0. The first-order valence-electron chi connectivity index (χ1n) is 4.94. The number of rotatable bonds is 4. The molecule has 13 heavy (non-hydrogen) atoms. The molecule has 1 amide bonds. The summed E-state index contributed by atoms with van der Waals surface area (Å²) in [5.41, 5.74) is 0. The fourth-order valence-electron chi connectivity index (χ4n) is 1.52. The van der Waals surface area contributed by atoms with Crippen LogP contribution in [0.3, 0.4) is 0 Å². The fourth-order valence-corrected chi connectivity index (χ4v) is 1.52. The zero-order chi connectivity index (χ0) is 9.52. The number of carbonyl (C=O) groups is 1. The van der Waals surface area contributed by atoms with E-state index in [-0.39, 0.29) is 11.8 Å². The lowest BCUT2D eigenvalue weighted by atomic mass is 9.99. The van der Waals surface area contributed by atoms with Crippen molar-refractivity contribution in [2.24, 2.45) is 5.92 Å². The van der Waals surface area contributed by atoms with Gasteiger partial charge in [-0.15, -0.1) is 6.58 Å². The van der Waals surface area contributed by atoms with Crippen LogP contribution in [0.1, 0.15) is 19.3 Å². The summed E-state index contributed by atoms with van der Waals surface area (Å²) < 4.78 is 0. The quantitative estimate of drug-likeness (QED) is 0.496. The summed E-state index contributed by atoms with van der Waals surface area (Å²) in [6.07, 6.45) is 4.80. The van der Waals surface area contributed by atoms with Gasteiger partial charge in [-0.3, -0.25) is 4.79 Å². The van der Waals surface area contributed by atoms with Crippen LogP contribution in [-0.2, 0) is 4.79 Å². The minimum atomic E-state index is 0.179. The van der Waals surface area contributed by atoms with Gasteiger partial charge in [-0.1, -0.05) is 6.08 Å². The van der Waals surface area contributed by atoms with Crippen LogP contribution in [0.2, 0.25) is 0 Å². The fraction of sp³-hybridized carbons (Fsp3) is 0.700. The number of hydrogen-bond donors (Lipinski definition) is 2. The molecule has 2 N–H and O–H groups in total. The van der Waals surface area contributed by atoms with Gasteiger partial charge in [0.1, 0.15) is 0 Å². The summed E-state index contributed by atoms with van der Waals surface area (Å²) in [5, 5.41) is 6.13. The minimum absolute atomic E-state index is 0.179. The summed E-state index contributed by atoms with van der Waals surface area (Å²) in [7, 11) is 0. The van der Waals surface area contributed by atoms with Gasteiger partial charge in [0, 0.05) is 13.1 Å². The Labute approximate surface area is 79.6 Å². The van der Waals surface area contributed by atoms with E-state index >= 15 is 0 Å². The van der Waals surface area contributed by atoms with Gasteiger partial charge in [-0.05, 0) is 25.8 Å². The van der Waals surface area contributed by atoms with Crippen molar-refractivity contribution in [3.8, 4) is 0 Å². The van der Waals surface area contributed by atoms with Crippen molar-refractivity contribution >= 4 is 5.91 Å². The molecule has 0 aromatic heterocycles. The highest BCUT2D eigenvalue weighted by atomic mass is 16.1. The third-order valence-corrected chi connectivity index (χ3v) is 2.32. The molecule has 3 nitrogen and oxygen atoms in total. The van der Waals surface area contributed by atoms with E-state index in [0.29, 0.717) is 0 Å². The van der Waals surface area contributed by atoms with Crippen LogP contribution >= 0.6 is 0 Å². The molecular formula is C10H18N2O. The largest absolute Gasteiger partial charge is 0.356 e. The maximum Gasteiger partial charge on any atom is 0.224 e. The van der Waals surface area contributed by atoms with Crippen molar-refractivity contribution in [3.05, 3.63) is 12.7 Å². The van der Waals surface area contributed by atoms with Crippen molar-refractivity contribution in [1.29, 1.82) is 0 Å². The van der Waals surface area contributed by atoms with E-state index in [1.165, 1.54) is 0 Å². The van der Waals surface area contributed by atoms with Crippen molar-refractivity contribution in [2.75, 3.05) is 19.6 Å². The Morgan fingerprint density at radius 3 is 3.15 bits per heavy atom. The van der Waals surface area contributed by atoms with E-state index < -0.39 is 0 Å². The lowest BCUT2D eigenvalue weighted by Gasteiger charge is -2.21. The van der Waals surface area contributed by atoms with Crippen LogP contribution in [0, 0.1) is 5.92 Å². The van der Waals surface area contributed by atoms with Gasteiger partial charge in [-0.2, -0.15) is 0 Å². The van der Waals surface area contributed by atoms with Crippen molar-refractivity contribution in [3.63, 3.8) is 0 Å². The van der Waals surface area contributed by atoms with E-state index in [9.17, 15) is 4.79 Å².